The minimum atomic E-state index is -3.33. The maximum absolute atomic E-state index is 12.3. The Labute approximate surface area is 132 Å². The van der Waals surface area contributed by atoms with E-state index in [-0.39, 0.29) is 16.2 Å². The maximum Gasteiger partial charge on any atom is 0.251 e. The predicted octanol–water partition coefficient (Wildman–Crippen LogP) is 1.52. The van der Waals surface area contributed by atoms with Crippen LogP contribution in [0.25, 0.3) is 0 Å². The van der Waals surface area contributed by atoms with E-state index in [0.29, 0.717) is 17.7 Å². The molecule has 1 aliphatic rings. The number of hydrogen-bond donors (Lipinski definition) is 2. The fraction of sp³-hybridized carbons (Fsp3) is 0.562. The first-order valence-electron chi connectivity index (χ1n) is 7.51. The lowest BCUT2D eigenvalue weighted by Gasteiger charge is -2.34. The summed E-state index contributed by atoms with van der Waals surface area (Å²) in [4.78, 5) is 12.5. The van der Waals surface area contributed by atoms with Gasteiger partial charge in [0.15, 0.2) is 9.84 Å². The molecule has 1 heterocycles. The summed E-state index contributed by atoms with van der Waals surface area (Å²) in [7, 11) is -3.33. The molecule has 0 bridgehead atoms. The van der Waals surface area contributed by atoms with Crippen molar-refractivity contribution in [1.29, 1.82) is 0 Å². The van der Waals surface area contributed by atoms with Gasteiger partial charge in [0.1, 0.15) is 0 Å². The molecule has 0 aliphatic carbocycles. The highest BCUT2D eigenvalue weighted by Gasteiger charge is 2.27. The molecule has 2 N–H and O–H groups in total. The van der Waals surface area contributed by atoms with Crippen molar-refractivity contribution in [2.24, 2.45) is 5.41 Å². The van der Waals surface area contributed by atoms with Gasteiger partial charge in [0, 0.05) is 18.4 Å². The van der Waals surface area contributed by atoms with Crippen molar-refractivity contribution in [3.63, 3.8) is 0 Å². The van der Waals surface area contributed by atoms with Crippen LogP contribution in [0.3, 0.4) is 0 Å². The highest BCUT2D eigenvalue weighted by atomic mass is 32.2. The third-order valence-corrected chi connectivity index (χ3v) is 5.57. The van der Waals surface area contributed by atoms with Gasteiger partial charge in [-0.25, -0.2) is 8.42 Å². The van der Waals surface area contributed by atoms with Gasteiger partial charge in [-0.05, 0) is 56.0 Å². The Bertz CT molecular complexity index is 662. The molecule has 1 aromatic rings. The maximum atomic E-state index is 12.3. The summed E-state index contributed by atoms with van der Waals surface area (Å²) < 4.78 is 23.5. The fourth-order valence-electron chi connectivity index (χ4n) is 2.74. The van der Waals surface area contributed by atoms with Crippen molar-refractivity contribution in [3.8, 4) is 0 Å². The number of aryl methyl sites for hydroxylation is 1. The Morgan fingerprint density at radius 1 is 1.32 bits per heavy atom. The predicted molar refractivity (Wildman–Crippen MR) is 86.8 cm³/mol. The SMILES string of the molecule is Cc1ccc(C(=O)NCC2(C)CCNCC2)cc1S(C)(=O)=O. The summed E-state index contributed by atoms with van der Waals surface area (Å²) in [6.45, 7) is 6.44. The van der Waals surface area contributed by atoms with E-state index >= 15 is 0 Å². The number of sulfone groups is 1. The molecule has 0 saturated carbocycles. The molecule has 5 nitrogen and oxygen atoms in total. The monoisotopic (exact) mass is 324 g/mol. The first-order chi connectivity index (χ1) is 10.2. The highest BCUT2D eigenvalue weighted by Crippen LogP contribution is 2.27. The summed E-state index contributed by atoms with van der Waals surface area (Å²) in [5, 5.41) is 6.26. The summed E-state index contributed by atoms with van der Waals surface area (Å²) in [6.07, 6.45) is 3.21. The molecule has 0 aromatic heterocycles. The minimum absolute atomic E-state index is 0.102. The zero-order chi connectivity index (χ0) is 16.4. The van der Waals surface area contributed by atoms with Crippen molar-refractivity contribution >= 4 is 15.7 Å². The van der Waals surface area contributed by atoms with Gasteiger partial charge < -0.3 is 10.6 Å². The fourth-order valence-corrected chi connectivity index (χ4v) is 3.74. The average Bonchev–Trinajstić information content (AvgIpc) is 2.45. The van der Waals surface area contributed by atoms with Crippen LogP contribution in [0.2, 0.25) is 0 Å². The lowest BCUT2D eigenvalue weighted by atomic mass is 9.81. The zero-order valence-corrected chi connectivity index (χ0v) is 14.2. The Kier molecular flexibility index (Phi) is 4.92. The number of hydrogen-bond acceptors (Lipinski definition) is 4. The van der Waals surface area contributed by atoms with E-state index in [0.717, 1.165) is 32.2 Å². The standard InChI is InChI=1S/C16H24N2O3S/c1-12-4-5-13(10-14(12)22(3,20)21)15(19)18-11-16(2)6-8-17-9-7-16/h4-5,10,17H,6-9,11H2,1-3H3,(H,18,19). The molecule has 2 rings (SSSR count). The smallest absolute Gasteiger partial charge is 0.251 e. The second kappa shape index (κ2) is 6.38. The summed E-state index contributed by atoms with van der Waals surface area (Å²) >= 11 is 0. The zero-order valence-electron chi connectivity index (χ0n) is 13.4. The molecule has 6 heteroatoms. The van der Waals surface area contributed by atoms with Gasteiger partial charge in [0.2, 0.25) is 0 Å². The number of benzene rings is 1. The van der Waals surface area contributed by atoms with Gasteiger partial charge in [-0.3, -0.25) is 4.79 Å². The van der Waals surface area contributed by atoms with Crippen molar-refractivity contribution in [3.05, 3.63) is 29.3 Å². The number of rotatable bonds is 4. The number of piperidine rings is 1. The Balaban J connectivity index is 2.10. The Morgan fingerprint density at radius 3 is 2.55 bits per heavy atom. The average molecular weight is 324 g/mol. The highest BCUT2D eigenvalue weighted by molar-refractivity contribution is 7.90. The van der Waals surface area contributed by atoms with E-state index < -0.39 is 9.84 Å². The Hall–Kier alpha value is -1.40. The van der Waals surface area contributed by atoms with Crippen LogP contribution in [0.15, 0.2) is 23.1 Å². The summed E-state index contributed by atoms with van der Waals surface area (Å²) in [6, 6.07) is 4.81. The third kappa shape index (κ3) is 4.08. The molecule has 122 valence electrons. The van der Waals surface area contributed by atoms with Gasteiger partial charge in [-0.15, -0.1) is 0 Å². The second-order valence-corrected chi connectivity index (χ2v) is 8.48. The van der Waals surface area contributed by atoms with E-state index in [4.69, 9.17) is 0 Å². The van der Waals surface area contributed by atoms with Crippen molar-refractivity contribution < 1.29 is 13.2 Å². The lowest BCUT2D eigenvalue weighted by molar-refractivity contribution is 0.0922. The van der Waals surface area contributed by atoms with Crippen molar-refractivity contribution in [1.82, 2.24) is 10.6 Å². The normalized spacial score (nSPS) is 18.0. The molecular formula is C16H24N2O3S. The molecule has 1 aliphatic heterocycles. The molecule has 0 radical (unpaired) electrons. The van der Waals surface area contributed by atoms with Gasteiger partial charge in [-0.2, -0.15) is 0 Å². The molecule has 22 heavy (non-hydrogen) atoms. The number of carbonyl (C=O) groups excluding carboxylic acids is 1. The van der Waals surface area contributed by atoms with E-state index in [1.807, 2.05) is 0 Å². The molecule has 1 saturated heterocycles. The molecule has 0 unspecified atom stereocenters. The van der Waals surface area contributed by atoms with Gasteiger partial charge in [0.25, 0.3) is 5.91 Å². The number of carbonyl (C=O) groups is 1. The van der Waals surface area contributed by atoms with Gasteiger partial charge >= 0.3 is 0 Å². The van der Waals surface area contributed by atoms with Crippen molar-refractivity contribution in [2.45, 2.75) is 31.6 Å². The van der Waals surface area contributed by atoms with Crippen LogP contribution in [0.4, 0.5) is 0 Å². The quantitative estimate of drug-likeness (QED) is 0.880. The second-order valence-electron chi connectivity index (χ2n) is 6.50. The van der Waals surface area contributed by atoms with E-state index in [1.54, 1.807) is 19.1 Å². The van der Waals surface area contributed by atoms with Crippen LogP contribution >= 0.6 is 0 Å². The first-order valence-corrected chi connectivity index (χ1v) is 9.40. The molecular weight excluding hydrogens is 300 g/mol. The van der Waals surface area contributed by atoms with Gasteiger partial charge in [-0.1, -0.05) is 13.0 Å². The molecule has 0 spiro atoms. The van der Waals surface area contributed by atoms with Crippen LogP contribution < -0.4 is 10.6 Å². The summed E-state index contributed by atoms with van der Waals surface area (Å²) in [5.74, 6) is -0.218. The van der Waals surface area contributed by atoms with Crippen LogP contribution in [0.1, 0.15) is 35.7 Å². The summed E-state index contributed by atoms with van der Waals surface area (Å²) in [5.41, 5.74) is 1.15. The third-order valence-electron chi connectivity index (χ3n) is 4.34. The van der Waals surface area contributed by atoms with Crippen LogP contribution in [0, 0.1) is 12.3 Å². The van der Waals surface area contributed by atoms with Gasteiger partial charge in [0.05, 0.1) is 4.90 Å². The largest absolute Gasteiger partial charge is 0.351 e. The van der Waals surface area contributed by atoms with Crippen LogP contribution in [0.5, 0.6) is 0 Å². The van der Waals surface area contributed by atoms with E-state index in [1.165, 1.54) is 6.07 Å². The number of nitrogens with one attached hydrogen (secondary N) is 2. The molecule has 1 amide bonds. The lowest BCUT2D eigenvalue weighted by Crippen LogP contribution is -2.42. The van der Waals surface area contributed by atoms with Crippen LogP contribution in [-0.4, -0.2) is 40.2 Å². The molecule has 1 fully saturated rings. The minimum Gasteiger partial charge on any atom is -0.351 e. The van der Waals surface area contributed by atoms with E-state index in [2.05, 4.69) is 17.6 Å². The first kappa shape index (κ1) is 17.0. The van der Waals surface area contributed by atoms with Crippen molar-refractivity contribution in [2.75, 3.05) is 25.9 Å². The van der Waals surface area contributed by atoms with Crippen LogP contribution in [-0.2, 0) is 9.84 Å². The van der Waals surface area contributed by atoms with E-state index in [9.17, 15) is 13.2 Å². The topological polar surface area (TPSA) is 75.3 Å². The molecule has 1 aromatic carbocycles. The number of amides is 1. The molecule has 0 atom stereocenters. The Morgan fingerprint density at radius 2 is 1.95 bits per heavy atom.